The highest BCUT2D eigenvalue weighted by molar-refractivity contribution is 6.31. The molecule has 0 aliphatic rings. The number of carbonyl (C=O) groups excluding carboxylic acids is 1. The van der Waals surface area contributed by atoms with Crippen LogP contribution in [-0.4, -0.2) is 11.9 Å². The molecule has 0 aliphatic heterocycles. The summed E-state index contributed by atoms with van der Waals surface area (Å²) in [6.07, 6.45) is 0.117. The molecule has 0 radical (unpaired) electrons. The van der Waals surface area contributed by atoms with Gasteiger partial charge < -0.3 is 4.74 Å². The van der Waals surface area contributed by atoms with Crippen LogP contribution in [0, 0.1) is 6.92 Å². The number of ether oxygens (including phenoxy) is 1. The van der Waals surface area contributed by atoms with E-state index in [0.29, 0.717) is 16.1 Å². The van der Waals surface area contributed by atoms with Crippen molar-refractivity contribution in [3.05, 3.63) is 64.2 Å². The van der Waals surface area contributed by atoms with Gasteiger partial charge in [0.2, 0.25) is 0 Å². The van der Waals surface area contributed by atoms with Gasteiger partial charge in [-0.05, 0) is 62.7 Å². The third kappa shape index (κ3) is 3.40. The predicted octanol–water partition coefficient (Wildman–Crippen LogP) is 4.67. The van der Waals surface area contributed by atoms with Gasteiger partial charge in [-0.25, -0.2) is 0 Å². The van der Waals surface area contributed by atoms with Gasteiger partial charge >= 0.3 is 0 Å². The first kappa shape index (κ1) is 14.6. The van der Waals surface area contributed by atoms with Crippen molar-refractivity contribution >= 4 is 17.4 Å². The maximum Gasteiger partial charge on any atom is 0.193 e. The molecule has 0 saturated heterocycles. The molecule has 0 fully saturated rings. The number of aryl methyl sites for hydroxylation is 1. The van der Waals surface area contributed by atoms with E-state index in [-0.39, 0.29) is 11.9 Å². The third-order valence-electron chi connectivity index (χ3n) is 2.93. The number of hydrogen-bond acceptors (Lipinski definition) is 2. The van der Waals surface area contributed by atoms with Gasteiger partial charge in [-0.15, -0.1) is 0 Å². The van der Waals surface area contributed by atoms with E-state index >= 15 is 0 Å². The Morgan fingerprint density at radius 1 is 1.10 bits per heavy atom. The summed E-state index contributed by atoms with van der Waals surface area (Å²) in [4.78, 5) is 12.5. The fourth-order valence-corrected chi connectivity index (χ4v) is 2.12. The fourth-order valence-electron chi connectivity index (χ4n) is 1.95. The molecule has 104 valence electrons. The summed E-state index contributed by atoms with van der Waals surface area (Å²) < 4.78 is 5.57. The first-order valence-corrected chi connectivity index (χ1v) is 6.92. The highest BCUT2D eigenvalue weighted by atomic mass is 35.5. The van der Waals surface area contributed by atoms with E-state index in [9.17, 15) is 4.79 Å². The van der Waals surface area contributed by atoms with Gasteiger partial charge in [0, 0.05) is 16.1 Å². The van der Waals surface area contributed by atoms with Crippen LogP contribution in [0.15, 0.2) is 42.5 Å². The molecule has 0 heterocycles. The maximum absolute atomic E-state index is 12.5. The molecule has 0 amide bonds. The number of carbonyl (C=O) groups is 1. The van der Waals surface area contributed by atoms with Crippen LogP contribution in [0.25, 0.3) is 0 Å². The molecule has 0 bridgehead atoms. The smallest absolute Gasteiger partial charge is 0.193 e. The maximum atomic E-state index is 12.5. The standard InChI is InChI=1S/C17H17ClO2/c1-11(2)20-15-8-5-13(6-9-15)17(19)16-10-14(18)7-4-12(16)3/h4-11H,1-3H3. The molecule has 0 aliphatic carbocycles. The molecule has 0 unspecified atom stereocenters. The molecule has 0 aromatic heterocycles. The van der Waals surface area contributed by atoms with E-state index in [0.717, 1.165) is 11.3 Å². The van der Waals surface area contributed by atoms with Gasteiger partial charge in [0.25, 0.3) is 0 Å². The Kier molecular flexibility index (Phi) is 4.46. The van der Waals surface area contributed by atoms with Crippen LogP contribution in [0.2, 0.25) is 5.02 Å². The molecule has 0 spiro atoms. The Morgan fingerprint density at radius 3 is 2.35 bits per heavy atom. The lowest BCUT2D eigenvalue weighted by Crippen LogP contribution is -2.06. The van der Waals surface area contributed by atoms with Crippen molar-refractivity contribution in [3.8, 4) is 5.75 Å². The zero-order valence-electron chi connectivity index (χ0n) is 11.8. The van der Waals surface area contributed by atoms with E-state index in [1.165, 1.54) is 0 Å². The molecule has 2 rings (SSSR count). The van der Waals surface area contributed by atoms with E-state index in [4.69, 9.17) is 16.3 Å². The van der Waals surface area contributed by atoms with Crippen molar-refractivity contribution in [2.75, 3.05) is 0 Å². The van der Waals surface area contributed by atoms with Gasteiger partial charge in [0.15, 0.2) is 5.78 Å². The largest absolute Gasteiger partial charge is 0.491 e. The Hall–Kier alpha value is -1.80. The minimum Gasteiger partial charge on any atom is -0.491 e. The van der Waals surface area contributed by atoms with Crippen LogP contribution in [-0.2, 0) is 0 Å². The number of benzene rings is 2. The molecule has 0 saturated carbocycles. The van der Waals surface area contributed by atoms with Gasteiger partial charge in [-0.2, -0.15) is 0 Å². The first-order valence-electron chi connectivity index (χ1n) is 6.55. The molecule has 3 heteroatoms. The Morgan fingerprint density at radius 2 is 1.75 bits per heavy atom. The van der Waals surface area contributed by atoms with Crippen LogP contribution in [0.4, 0.5) is 0 Å². The molecular formula is C17H17ClO2. The molecule has 0 atom stereocenters. The fraction of sp³-hybridized carbons (Fsp3) is 0.235. The van der Waals surface area contributed by atoms with Crippen molar-refractivity contribution in [1.82, 2.24) is 0 Å². The summed E-state index contributed by atoms with van der Waals surface area (Å²) in [5.41, 5.74) is 2.18. The first-order chi connectivity index (χ1) is 9.47. The molecule has 2 aromatic carbocycles. The zero-order chi connectivity index (χ0) is 14.7. The average molecular weight is 289 g/mol. The summed E-state index contributed by atoms with van der Waals surface area (Å²) in [6.45, 7) is 5.84. The highest BCUT2D eigenvalue weighted by Gasteiger charge is 2.12. The number of halogens is 1. The van der Waals surface area contributed by atoms with E-state index in [1.807, 2.05) is 39.0 Å². The van der Waals surface area contributed by atoms with E-state index < -0.39 is 0 Å². The predicted molar refractivity (Wildman–Crippen MR) is 81.8 cm³/mol. The summed E-state index contributed by atoms with van der Waals surface area (Å²) in [6, 6.07) is 12.5. The van der Waals surface area contributed by atoms with E-state index in [2.05, 4.69) is 0 Å². The molecule has 0 N–H and O–H groups in total. The summed E-state index contributed by atoms with van der Waals surface area (Å²) >= 11 is 5.96. The normalized spacial score (nSPS) is 10.7. The second kappa shape index (κ2) is 6.10. The van der Waals surface area contributed by atoms with Crippen molar-refractivity contribution < 1.29 is 9.53 Å². The zero-order valence-corrected chi connectivity index (χ0v) is 12.6. The van der Waals surface area contributed by atoms with Crippen LogP contribution in [0.3, 0.4) is 0 Å². The summed E-state index contributed by atoms with van der Waals surface area (Å²) in [5.74, 6) is 0.737. The van der Waals surface area contributed by atoms with Crippen LogP contribution in [0.1, 0.15) is 35.3 Å². The van der Waals surface area contributed by atoms with Crippen LogP contribution < -0.4 is 4.74 Å². The minimum absolute atomic E-state index is 0.0268. The lowest BCUT2D eigenvalue weighted by Gasteiger charge is -2.10. The van der Waals surface area contributed by atoms with Gasteiger partial charge in [0.05, 0.1) is 6.10 Å². The Bertz CT molecular complexity index is 615. The van der Waals surface area contributed by atoms with Crippen LogP contribution in [0.5, 0.6) is 5.75 Å². The lowest BCUT2D eigenvalue weighted by molar-refractivity contribution is 0.103. The quantitative estimate of drug-likeness (QED) is 0.765. The molecular weight excluding hydrogens is 272 g/mol. The van der Waals surface area contributed by atoms with Gasteiger partial charge in [-0.3, -0.25) is 4.79 Å². The summed E-state index contributed by atoms with van der Waals surface area (Å²) in [7, 11) is 0. The Balaban J connectivity index is 2.27. The van der Waals surface area contributed by atoms with E-state index in [1.54, 1.807) is 24.3 Å². The van der Waals surface area contributed by atoms with Crippen molar-refractivity contribution in [2.45, 2.75) is 26.9 Å². The topological polar surface area (TPSA) is 26.3 Å². The molecule has 2 aromatic rings. The monoisotopic (exact) mass is 288 g/mol. The van der Waals surface area contributed by atoms with Crippen molar-refractivity contribution in [2.24, 2.45) is 0 Å². The number of hydrogen-bond donors (Lipinski definition) is 0. The van der Waals surface area contributed by atoms with Gasteiger partial charge in [0.1, 0.15) is 5.75 Å². The van der Waals surface area contributed by atoms with Crippen molar-refractivity contribution in [1.29, 1.82) is 0 Å². The molecule has 2 nitrogen and oxygen atoms in total. The third-order valence-corrected chi connectivity index (χ3v) is 3.17. The second-order valence-electron chi connectivity index (χ2n) is 4.98. The minimum atomic E-state index is -0.0268. The second-order valence-corrected chi connectivity index (χ2v) is 5.42. The van der Waals surface area contributed by atoms with Gasteiger partial charge in [-0.1, -0.05) is 17.7 Å². The van der Waals surface area contributed by atoms with Crippen molar-refractivity contribution in [3.63, 3.8) is 0 Å². The number of ketones is 1. The Labute approximate surface area is 124 Å². The SMILES string of the molecule is Cc1ccc(Cl)cc1C(=O)c1ccc(OC(C)C)cc1. The molecule has 20 heavy (non-hydrogen) atoms. The lowest BCUT2D eigenvalue weighted by atomic mass is 9.99. The number of rotatable bonds is 4. The highest BCUT2D eigenvalue weighted by Crippen LogP contribution is 2.21. The van der Waals surface area contributed by atoms with Crippen LogP contribution >= 0.6 is 11.6 Å². The summed E-state index contributed by atoms with van der Waals surface area (Å²) in [5, 5.41) is 0.568. The average Bonchev–Trinajstić information content (AvgIpc) is 2.41.